The van der Waals surface area contributed by atoms with Crippen LogP contribution in [0.5, 0.6) is 0 Å². The number of carbonyl (C=O) groups excluding carboxylic acids is 1. The molecule has 0 bridgehead atoms. The number of hydrogen-bond acceptors (Lipinski definition) is 7. The van der Waals surface area contributed by atoms with Crippen molar-refractivity contribution in [2.45, 2.75) is 29.2 Å². The smallest absolute Gasteiger partial charge is 0.244 e. The van der Waals surface area contributed by atoms with Crippen LogP contribution < -0.4 is 4.90 Å². The lowest BCUT2D eigenvalue weighted by Gasteiger charge is -2.33. The van der Waals surface area contributed by atoms with Gasteiger partial charge in [-0.25, -0.2) is 13.4 Å². The highest BCUT2D eigenvalue weighted by Gasteiger charge is 2.36. The van der Waals surface area contributed by atoms with Crippen molar-refractivity contribution in [3.8, 4) is 0 Å². The first-order valence-electron chi connectivity index (χ1n) is 11.3. The molecule has 35 heavy (non-hydrogen) atoms. The number of sulfonamides is 1. The van der Waals surface area contributed by atoms with Crippen LogP contribution in [0, 0.1) is 5.92 Å². The summed E-state index contributed by atoms with van der Waals surface area (Å²) in [7, 11) is -3.62. The van der Waals surface area contributed by atoms with Gasteiger partial charge in [0.2, 0.25) is 15.9 Å². The average Bonchev–Trinajstić information content (AvgIpc) is 3.56. The number of benzene rings is 2. The van der Waals surface area contributed by atoms with Gasteiger partial charge in [-0.1, -0.05) is 35.6 Å². The highest BCUT2D eigenvalue weighted by molar-refractivity contribution is 7.99. The van der Waals surface area contributed by atoms with E-state index >= 15 is 0 Å². The normalized spacial score (nSPS) is 15.5. The Hall–Kier alpha value is -2.66. The van der Waals surface area contributed by atoms with E-state index in [1.165, 1.54) is 27.4 Å². The van der Waals surface area contributed by atoms with Crippen LogP contribution >= 0.6 is 23.1 Å². The molecule has 10 heteroatoms. The molecule has 4 aromatic rings. The van der Waals surface area contributed by atoms with E-state index in [1.807, 2.05) is 48.7 Å². The maximum Gasteiger partial charge on any atom is 0.244 e. The third-order valence-electron chi connectivity index (χ3n) is 6.16. The molecule has 0 spiro atoms. The van der Waals surface area contributed by atoms with E-state index in [1.54, 1.807) is 29.4 Å². The Labute approximate surface area is 212 Å². The molecule has 0 unspecified atom stereocenters. The second-order valence-electron chi connectivity index (χ2n) is 8.30. The van der Waals surface area contributed by atoms with Crippen molar-refractivity contribution in [2.24, 2.45) is 5.92 Å². The molecule has 1 aliphatic heterocycles. The Bertz CT molecular complexity index is 1390. The Morgan fingerprint density at radius 1 is 1.11 bits per heavy atom. The average molecular weight is 528 g/mol. The van der Waals surface area contributed by atoms with E-state index < -0.39 is 10.0 Å². The number of thioether (sulfide) groups is 1. The highest BCUT2D eigenvalue weighted by atomic mass is 32.2. The molecular weight excluding hydrogens is 502 g/mol. The lowest BCUT2D eigenvalue weighted by molar-refractivity contribution is -0.123. The first-order chi connectivity index (χ1) is 17.0. The number of nitrogens with zero attached hydrogens (tertiary/aromatic N) is 3. The Morgan fingerprint density at radius 2 is 1.86 bits per heavy atom. The first-order valence-corrected chi connectivity index (χ1v) is 14.8. The maximum absolute atomic E-state index is 13.7. The molecule has 0 aliphatic carbocycles. The molecule has 5 rings (SSSR count). The summed E-state index contributed by atoms with van der Waals surface area (Å²) in [6.07, 6.45) is 4.37. The quantitative estimate of drug-likeness (QED) is 0.306. The van der Waals surface area contributed by atoms with E-state index in [2.05, 4.69) is 0 Å². The van der Waals surface area contributed by atoms with Gasteiger partial charge in [-0.15, -0.1) is 11.8 Å². The summed E-state index contributed by atoms with van der Waals surface area (Å²) in [5, 5.41) is 0.622. The lowest BCUT2D eigenvalue weighted by atomic mass is 9.96. The predicted molar refractivity (Wildman–Crippen MR) is 139 cm³/mol. The van der Waals surface area contributed by atoms with Crippen LogP contribution in [0.1, 0.15) is 18.6 Å². The third kappa shape index (κ3) is 4.88. The van der Waals surface area contributed by atoms with Crippen LogP contribution in [0.4, 0.5) is 5.13 Å². The summed E-state index contributed by atoms with van der Waals surface area (Å²) in [5.74, 6) is 0.326. The first kappa shape index (κ1) is 24.1. The van der Waals surface area contributed by atoms with Gasteiger partial charge in [0.25, 0.3) is 0 Å². The zero-order valence-electron chi connectivity index (χ0n) is 19.2. The highest BCUT2D eigenvalue weighted by Crippen LogP contribution is 2.34. The number of furan rings is 1. The number of amides is 1. The van der Waals surface area contributed by atoms with E-state index in [0.717, 1.165) is 15.1 Å². The Balaban J connectivity index is 1.35. The van der Waals surface area contributed by atoms with Crippen LogP contribution in [0.3, 0.4) is 0 Å². The molecule has 2 aromatic heterocycles. The van der Waals surface area contributed by atoms with Crippen LogP contribution in [-0.2, 0) is 21.4 Å². The van der Waals surface area contributed by atoms with Crippen LogP contribution in [0.15, 0.2) is 81.1 Å². The SMILES string of the molecule is CSc1ccccc1S(=O)(=O)N1CCC(C(=O)N(Cc2ccco2)c2nc3ccccc3s2)CC1. The number of carbonyl (C=O) groups is 1. The summed E-state index contributed by atoms with van der Waals surface area (Å²) in [6, 6.07) is 18.5. The molecule has 1 aliphatic rings. The molecule has 1 fully saturated rings. The van der Waals surface area contributed by atoms with Gasteiger partial charge in [0.05, 0.1) is 27.9 Å². The van der Waals surface area contributed by atoms with Crippen LogP contribution in [-0.4, -0.2) is 43.0 Å². The number of aromatic nitrogens is 1. The fraction of sp³-hybridized carbons (Fsp3) is 0.280. The van der Waals surface area contributed by atoms with Gasteiger partial charge >= 0.3 is 0 Å². The number of anilines is 1. The molecule has 182 valence electrons. The molecule has 3 heterocycles. The molecule has 0 radical (unpaired) electrons. The number of para-hydroxylation sites is 1. The number of thiazole rings is 1. The summed E-state index contributed by atoms with van der Waals surface area (Å²) >= 11 is 2.88. The number of fused-ring (bicyclic) bond motifs is 1. The van der Waals surface area contributed by atoms with Gasteiger partial charge in [0.1, 0.15) is 5.76 Å². The van der Waals surface area contributed by atoms with Crippen molar-refractivity contribution in [3.05, 3.63) is 72.7 Å². The summed E-state index contributed by atoms with van der Waals surface area (Å²) in [5.41, 5.74) is 0.845. The van der Waals surface area contributed by atoms with Crippen molar-refractivity contribution >= 4 is 54.4 Å². The van der Waals surface area contributed by atoms with Gasteiger partial charge in [0.15, 0.2) is 5.13 Å². The van der Waals surface area contributed by atoms with Gasteiger partial charge in [-0.2, -0.15) is 4.31 Å². The summed E-state index contributed by atoms with van der Waals surface area (Å²) in [4.78, 5) is 21.1. The molecule has 1 amide bonds. The van der Waals surface area contributed by atoms with E-state index in [0.29, 0.717) is 41.7 Å². The molecule has 0 atom stereocenters. The zero-order chi connectivity index (χ0) is 24.4. The molecule has 0 saturated carbocycles. The summed E-state index contributed by atoms with van der Waals surface area (Å²) in [6.45, 7) is 0.886. The largest absolute Gasteiger partial charge is 0.467 e. The van der Waals surface area contributed by atoms with Crippen molar-refractivity contribution in [3.63, 3.8) is 0 Å². The van der Waals surface area contributed by atoms with Gasteiger partial charge in [0, 0.05) is 23.9 Å². The van der Waals surface area contributed by atoms with Crippen LogP contribution in [0.2, 0.25) is 0 Å². The zero-order valence-corrected chi connectivity index (χ0v) is 21.6. The molecular formula is C25H25N3O4S3. The minimum atomic E-state index is -3.62. The Morgan fingerprint density at radius 3 is 2.57 bits per heavy atom. The number of rotatable bonds is 7. The van der Waals surface area contributed by atoms with Gasteiger partial charge < -0.3 is 4.42 Å². The second kappa shape index (κ2) is 10.1. The summed E-state index contributed by atoms with van der Waals surface area (Å²) < 4.78 is 34.6. The minimum absolute atomic E-state index is 0.0537. The third-order valence-corrected chi connectivity index (χ3v) is 10.1. The topological polar surface area (TPSA) is 83.7 Å². The van der Waals surface area contributed by atoms with Crippen molar-refractivity contribution in [1.82, 2.24) is 9.29 Å². The standard InChI is InChI=1S/C25H25N3O4S3/c1-33-22-10-4-5-11-23(22)35(30,31)27-14-12-18(13-15-27)24(29)28(17-19-7-6-16-32-19)25-26-20-8-2-3-9-21(20)34-25/h2-11,16,18H,12-15,17H2,1H3. The fourth-order valence-corrected chi connectivity index (χ4v) is 7.87. The van der Waals surface area contributed by atoms with Crippen molar-refractivity contribution < 1.29 is 17.6 Å². The second-order valence-corrected chi connectivity index (χ2v) is 12.1. The van der Waals surface area contributed by atoms with Gasteiger partial charge in [-0.05, 0) is 55.5 Å². The maximum atomic E-state index is 13.7. The van der Waals surface area contributed by atoms with E-state index in [-0.39, 0.29) is 18.4 Å². The number of hydrogen-bond donors (Lipinski definition) is 0. The van der Waals surface area contributed by atoms with Crippen molar-refractivity contribution in [2.75, 3.05) is 24.2 Å². The molecule has 0 N–H and O–H groups in total. The minimum Gasteiger partial charge on any atom is -0.467 e. The van der Waals surface area contributed by atoms with E-state index in [9.17, 15) is 13.2 Å². The lowest BCUT2D eigenvalue weighted by Crippen LogP contribution is -2.44. The van der Waals surface area contributed by atoms with Gasteiger partial charge in [-0.3, -0.25) is 9.69 Å². The molecule has 7 nitrogen and oxygen atoms in total. The predicted octanol–water partition coefficient (Wildman–Crippen LogP) is 5.25. The monoisotopic (exact) mass is 527 g/mol. The fourth-order valence-electron chi connectivity index (χ4n) is 4.31. The number of piperidine rings is 1. The van der Waals surface area contributed by atoms with Crippen molar-refractivity contribution in [1.29, 1.82) is 0 Å². The molecule has 2 aromatic carbocycles. The molecule has 1 saturated heterocycles. The Kier molecular flexibility index (Phi) is 6.97. The van der Waals surface area contributed by atoms with E-state index in [4.69, 9.17) is 9.40 Å². The van der Waals surface area contributed by atoms with Crippen LogP contribution in [0.25, 0.3) is 10.2 Å².